The van der Waals surface area contributed by atoms with Gasteiger partial charge >= 0.3 is 0 Å². The Labute approximate surface area is 136 Å². The minimum Gasteiger partial charge on any atom is -0.311 e. The van der Waals surface area contributed by atoms with Crippen LogP contribution in [0.5, 0.6) is 0 Å². The molecule has 20 heavy (non-hydrogen) atoms. The Bertz CT molecular complexity index is 405. The van der Waals surface area contributed by atoms with Gasteiger partial charge in [-0.15, -0.1) is 11.3 Å². The lowest BCUT2D eigenvalue weighted by Crippen LogP contribution is -2.56. The third-order valence-corrected chi connectivity index (χ3v) is 5.59. The van der Waals surface area contributed by atoms with Gasteiger partial charge in [0, 0.05) is 36.6 Å². The molecule has 2 atom stereocenters. The zero-order valence-electron chi connectivity index (χ0n) is 12.9. The van der Waals surface area contributed by atoms with Crippen molar-refractivity contribution in [3.63, 3.8) is 0 Å². The van der Waals surface area contributed by atoms with E-state index in [9.17, 15) is 0 Å². The monoisotopic (exact) mass is 358 g/mol. The van der Waals surface area contributed by atoms with Gasteiger partial charge in [-0.05, 0) is 46.8 Å². The Morgan fingerprint density at radius 2 is 2.25 bits per heavy atom. The first-order valence-corrected chi connectivity index (χ1v) is 9.41. The lowest BCUT2D eigenvalue weighted by molar-refractivity contribution is 0.109. The van der Waals surface area contributed by atoms with Crippen molar-refractivity contribution >= 4 is 27.3 Å². The molecule has 0 amide bonds. The number of halogens is 1. The van der Waals surface area contributed by atoms with Gasteiger partial charge in [0.25, 0.3) is 0 Å². The highest BCUT2D eigenvalue weighted by atomic mass is 79.9. The second-order valence-electron chi connectivity index (χ2n) is 6.31. The Morgan fingerprint density at radius 3 is 2.85 bits per heavy atom. The van der Waals surface area contributed by atoms with Gasteiger partial charge in [-0.2, -0.15) is 0 Å². The number of nitrogens with zero attached hydrogens (tertiary/aromatic N) is 1. The third kappa shape index (κ3) is 4.83. The number of hydrogen-bond donors (Lipinski definition) is 1. The molecule has 0 aliphatic carbocycles. The molecule has 1 fully saturated rings. The van der Waals surface area contributed by atoms with E-state index >= 15 is 0 Å². The Morgan fingerprint density at radius 1 is 1.45 bits per heavy atom. The Hall–Kier alpha value is 0.1000. The van der Waals surface area contributed by atoms with E-state index in [-0.39, 0.29) is 0 Å². The maximum absolute atomic E-state index is 3.76. The summed E-state index contributed by atoms with van der Waals surface area (Å²) in [5, 5.41) is 3.76. The van der Waals surface area contributed by atoms with Crippen molar-refractivity contribution in [3.05, 3.63) is 20.8 Å². The second-order valence-corrected chi connectivity index (χ2v) is 8.86. The molecule has 114 valence electrons. The smallest absolute Gasteiger partial charge is 0.0701 e. The summed E-state index contributed by atoms with van der Waals surface area (Å²) in [5.74, 6) is 0.771. The van der Waals surface area contributed by atoms with E-state index in [1.54, 1.807) is 0 Å². The molecular formula is C16H27BrN2S. The fourth-order valence-electron chi connectivity index (χ4n) is 3.10. The van der Waals surface area contributed by atoms with E-state index in [1.165, 1.54) is 34.5 Å². The van der Waals surface area contributed by atoms with E-state index in [0.29, 0.717) is 12.1 Å². The molecule has 2 rings (SSSR count). The zero-order valence-corrected chi connectivity index (χ0v) is 15.3. The average molecular weight is 359 g/mol. The quantitative estimate of drug-likeness (QED) is 0.805. The highest BCUT2D eigenvalue weighted by Gasteiger charge is 2.27. The van der Waals surface area contributed by atoms with E-state index in [1.807, 2.05) is 11.3 Å². The predicted octanol–water partition coefficient (Wildman–Crippen LogP) is 4.50. The normalized spacial score (nSPS) is 24.4. The Kier molecular flexibility index (Phi) is 6.53. The molecule has 4 heteroatoms. The molecule has 1 aliphatic rings. The van der Waals surface area contributed by atoms with Crippen LogP contribution in [0.4, 0.5) is 0 Å². The van der Waals surface area contributed by atoms with Gasteiger partial charge in [0.15, 0.2) is 0 Å². The molecule has 1 saturated heterocycles. The number of piperazine rings is 1. The number of thiophene rings is 1. The van der Waals surface area contributed by atoms with Crippen LogP contribution >= 0.6 is 27.3 Å². The molecule has 1 aliphatic heterocycles. The maximum Gasteiger partial charge on any atom is 0.0701 e. The first kappa shape index (κ1) is 16.5. The SMILES string of the molecule is CCCC1CNC(CC(C)C)CN1Cc1ccc(Br)s1. The summed E-state index contributed by atoms with van der Waals surface area (Å²) >= 11 is 5.45. The molecule has 2 unspecified atom stereocenters. The van der Waals surface area contributed by atoms with Crippen molar-refractivity contribution < 1.29 is 0 Å². The van der Waals surface area contributed by atoms with E-state index < -0.39 is 0 Å². The minimum absolute atomic E-state index is 0.659. The molecule has 2 heterocycles. The lowest BCUT2D eigenvalue weighted by atomic mass is 9.98. The summed E-state index contributed by atoms with van der Waals surface area (Å²) in [5.41, 5.74) is 0. The van der Waals surface area contributed by atoms with Crippen molar-refractivity contribution in [3.8, 4) is 0 Å². The molecular weight excluding hydrogens is 332 g/mol. The van der Waals surface area contributed by atoms with Crippen LogP contribution in [0.2, 0.25) is 0 Å². The van der Waals surface area contributed by atoms with Crippen LogP contribution in [0.3, 0.4) is 0 Å². The molecule has 0 bridgehead atoms. The first-order chi connectivity index (χ1) is 9.58. The second kappa shape index (κ2) is 7.92. The van der Waals surface area contributed by atoms with Crippen molar-refractivity contribution in [2.45, 2.75) is 58.7 Å². The van der Waals surface area contributed by atoms with Gasteiger partial charge in [-0.25, -0.2) is 0 Å². The van der Waals surface area contributed by atoms with Gasteiger partial charge in [0.2, 0.25) is 0 Å². The fraction of sp³-hybridized carbons (Fsp3) is 0.750. The maximum atomic E-state index is 3.76. The van der Waals surface area contributed by atoms with Gasteiger partial charge in [-0.3, -0.25) is 4.90 Å². The number of nitrogens with one attached hydrogen (secondary N) is 1. The Balaban J connectivity index is 1.98. The highest BCUT2D eigenvalue weighted by Crippen LogP contribution is 2.26. The minimum atomic E-state index is 0.659. The third-order valence-electron chi connectivity index (χ3n) is 3.98. The molecule has 0 radical (unpaired) electrons. The lowest BCUT2D eigenvalue weighted by Gasteiger charge is -2.41. The topological polar surface area (TPSA) is 15.3 Å². The van der Waals surface area contributed by atoms with Crippen LogP contribution in [0.1, 0.15) is 44.9 Å². The summed E-state index contributed by atoms with van der Waals surface area (Å²) < 4.78 is 1.24. The van der Waals surface area contributed by atoms with E-state index in [4.69, 9.17) is 0 Å². The van der Waals surface area contributed by atoms with Gasteiger partial charge in [0.05, 0.1) is 3.79 Å². The van der Waals surface area contributed by atoms with Crippen molar-refractivity contribution in [2.24, 2.45) is 5.92 Å². The molecule has 0 aromatic carbocycles. The summed E-state index contributed by atoms with van der Waals surface area (Å²) in [7, 11) is 0. The summed E-state index contributed by atoms with van der Waals surface area (Å²) in [6.45, 7) is 10.4. The molecule has 1 aromatic heterocycles. The highest BCUT2D eigenvalue weighted by molar-refractivity contribution is 9.11. The zero-order chi connectivity index (χ0) is 14.5. The van der Waals surface area contributed by atoms with Gasteiger partial charge in [0.1, 0.15) is 0 Å². The van der Waals surface area contributed by atoms with Crippen LogP contribution in [0.15, 0.2) is 15.9 Å². The van der Waals surface area contributed by atoms with Gasteiger partial charge < -0.3 is 5.32 Å². The first-order valence-electron chi connectivity index (χ1n) is 7.80. The fourth-order valence-corrected chi connectivity index (χ4v) is 4.61. The number of hydrogen-bond acceptors (Lipinski definition) is 3. The summed E-state index contributed by atoms with van der Waals surface area (Å²) in [4.78, 5) is 4.17. The number of rotatable bonds is 6. The van der Waals surface area contributed by atoms with Crippen molar-refractivity contribution in [2.75, 3.05) is 13.1 Å². The van der Waals surface area contributed by atoms with Crippen LogP contribution in [-0.4, -0.2) is 30.1 Å². The largest absolute Gasteiger partial charge is 0.311 e. The van der Waals surface area contributed by atoms with Crippen molar-refractivity contribution in [1.82, 2.24) is 10.2 Å². The van der Waals surface area contributed by atoms with Crippen LogP contribution in [0, 0.1) is 5.92 Å². The molecule has 0 saturated carbocycles. The summed E-state index contributed by atoms with van der Waals surface area (Å²) in [6.07, 6.45) is 3.85. The van der Waals surface area contributed by atoms with Gasteiger partial charge in [-0.1, -0.05) is 27.2 Å². The standard InChI is InChI=1S/C16H27BrN2S/c1-4-5-14-9-18-13(8-12(2)3)10-19(14)11-15-6-7-16(17)20-15/h6-7,12-14,18H,4-5,8-11H2,1-3H3. The molecule has 1 N–H and O–H groups in total. The molecule has 0 spiro atoms. The van der Waals surface area contributed by atoms with E-state index in [2.05, 4.69) is 59.1 Å². The van der Waals surface area contributed by atoms with Crippen LogP contribution in [-0.2, 0) is 6.54 Å². The molecule has 1 aromatic rings. The van der Waals surface area contributed by atoms with E-state index in [0.717, 1.165) is 19.0 Å². The predicted molar refractivity (Wildman–Crippen MR) is 92.4 cm³/mol. The average Bonchev–Trinajstić information content (AvgIpc) is 2.77. The van der Waals surface area contributed by atoms with Crippen LogP contribution < -0.4 is 5.32 Å². The summed E-state index contributed by atoms with van der Waals surface area (Å²) in [6, 6.07) is 5.79. The molecule has 2 nitrogen and oxygen atoms in total. The van der Waals surface area contributed by atoms with Crippen molar-refractivity contribution in [1.29, 1.82) is 0 Å². The van der Waals surface area contributed by atoms with Crippen LogP contribution in [0.25, 0.3) is 0 Å².